The molecule has 3 amide bonds. The molecule has 3 heterocycles. The van der Waals surface area contributed by atoms with E-state index in [1.165, 1.54) is 5.56 Å². The van der Waals surface area contributed by atoms with Gasteiger partial charge in [0.05, 0.1) is 5.69 Å². The van der Waals surface area contributed by atoms with Crippen LogP contribution in [-0.2, 0) is 22.6 Å². The SMILES string of the molecule is CCc1cccc2[nH]c(C=O)cc12.CNc1ccc2c(c1)CN(C1CCC(=O)NC1=O)C2=O. The number of amides is 3. The molecule has 3 N–H and O–H groups in total. The molecule has 33 heavy (non-hydrogen) atoms. The first kappa shape index (κ1) is 22.3. The smallest absolute Gasteiger partial charge is 0.255 e. The lowest BCUT2D eigenvalue weighted by Gasteiger charge is -2.29. The lowest BCUT2D eigenvalue weighted by atomic mass is 10.0. The van der Waals surface area contributed by atoms with Crippen LogP contribution >= 0.6 is 0 Å². The number of aromatic nitrogens is 1. The summed E-state index contributed by atoms with van der Waals surface area (Å²) >= 11 is 0. The molecule has 1 aromatic heterocycles. The van der Waals surface area contributed by atoms with Crippen LogP contribution in [0.5, 0.6) is 0 Å². The zero-order chi connectivity index (χ0) is 23.5. The van der Waals surface area contributed by atoms with Crippen LogP contribution in [0.25, 0.3) is 10.9 Å². The molecule has 0 spiro atoms. The summed E-state index contributed by atoms with van der Waals surface area (Å²) in [4.78, 5) is 50.6. The number of imide groups is 1. The quantitative estimate of drug-likeness (QED) is 0.421. The molecule has 8 nitrogen and oxygen atoms in total. The molecule has 2 aromatic carbocycles. The Morgan fingerprint density at radius 2 is 1.97 bits per heavy atom. The van der Waals surface area contributed by atoms with Crippen LogP contribution in [0.4, 0.5) is 5.69 Å². The van der Waals surface area contributed by atoms with E-state index in [0.29, 0.717) is 24.2 Å². The molecular weight excluding hydrogens is 420 g/mol. The van der Waals surface area contributed by atoms with Crippen molar-refractivity contribution >= 4 is 40.6 Å². The topological polar surface area (TPSA) is 111 Å². The summed E-state index contributed by atoms with van der Waals surface area (Å²) in [5.74, 6) is -0.790. The van der Waals surface area contributed by atoms with Crippen LogP contribution in [-0.4, -0.2) is 47.0 Å². The number of nitrogens with zero attached hydrogens (tertiary/aromatic N) is 1. The number of aryl methyl sites for hydroxylation is 1. The van der Waals surface area contributed by atoms with Crippen molar-refractivity contribution in [3.05, 3.63) is 64.8 Å². The summed E-state index contributed by atoms with van der Waals surface area (Å²) in [6, 6.07) is 13.0. The van der Waals surface area contributed by atoms with Crippen LogP contribution in [0.15, 0.2) is 42.5 Å². The van der Waals surface area contributed by atoms with Crippen LogP contribution in [0.1, 0.15) is 51.7 Å². The Morgan fingerprint density at radius 3 is 2.67 bits per heavy atom. The number of rotatable bonds is 4. The second-order valence-corrected chi connectivity index (χ2v) is 8.10. The van der Waals surface area contributed by atoms with Crippen molar-refractivity contribution in [3.63, 3.8) is 0 Å². The Kier molecular flexibility index (Phi) is 6.26. The molecule has 3 aromatic rings. The lowest BCUT2D eigenvalue weighted by Crippen LogP contribution is -2.52. The van der Waals surface area contributed by atoms with E-state index in [1.54, 1.807) is 11.0 Å². The summed E-state index contributed by atoms with van der Waals surface area (Å²) < 4.78 is 0. The predicted octanol–water partition coefficient (Wildman–Crippen LogP) is 3.03. The number of aromatic amines is 1. The maximum absolute atomic E-state index is 12.4. The van der Waals surface area contributed by atoms with Gasteiger partial charge in [-0.05, 0) is 54.3 Å². The molecule has 5 rings (SSSR count). The third kappa shape index (κ3) is 4.37. The van der Waals surface area contributed by atoms with Gasteiger partial charge in [0.1, 0.15) is 6.04 Å². The van der Waals surface area contributed by atoms with E-state index in [-0.39, 0.29) is 24.1 Å². The number of carbonyl (C=O) groups excluding carboxylic acids is 4. The number of nitrogens with one attached hydrogen (secondary N) is 3. The van der Waals surface area contributed by atoms with Crippen molar-refractivity contribution in [2.75, 3.05) is 12.4 Å². The average Bonchev–Trinajstić information content (AvgIpc) is 3.40. The number of H-pyrrole nitrogens is 1. The maximum Gasteiger partial charge on any atom is 0.255 e. The minimum Gasteiger partial charge on any atom is -0.388 e. The number of aldehydes is 1. The Hall–Kier alpha value is -3.94. The van der Waals surface area contributed by atoms with Gasteiger partial charge in [-0.2, -0.15) is 0 Å². The van der Waals surface area contributed by atoms with E-state index < -0.39 is 6.04 Å². The van der Waals surface area contributed by atoms with E-state index in [4.69, 9.17) is 0 Å². The first-order valence-electron chi connectivity index (χ1n) is 11.0. The lowest BCUT2D eigenvalue weighted by molar-refractivity contribution is -0.136. The molecule has 1 atom stereocenters. The standard InChI is InChI=1S/C14H15N3O3.C11H11NO/c1-15-9-2-3-10-8(6-9)7-17(14(10)20)11-4-5-12(18)16-13(11)19;1-2-8-4-3-5-11-10(8)6-9(7-13)12-11/h2-3,6,11,15H,4-5,7H2,1H3,(H,16,18,19);3-7,12H,2H2,1H3. The monoisotopic (exact) mass is 446 g/mol. The summed E-state index contributed by atoms with van der Waals surface area (Å²) in [7, 11) is 1.82. The number of hydrogen-bond donors (Lipinski definition) is 3. The van der Waals surface area contributed by atoms with Crippen LogP contribution in [0.2, 0.25) is 0 Å². The molecule has 2 aliphatic heterocycles. The number of fused-ring (bicyclic) bond motifs is 2. The first-order chi connectivity index (χ1) is 15.9. The highest BCUT2D eigenvalue weighted by Gasteiger charge is 2.38. The summed E-state index contributed by atoms with van der Waals surface area (Å²) in [5, 5.41) is 6.48. The second kappa shape index (κ2) is 9.28. The van der Waals surface area contributed by atoms with Crippen molar-refractivity contribution < 1.29 is 19.2 Å². The van der Waals surface area contributed by atoms with E-state index in [9.17, 15) is 19.2 Å². The molecular formula is C25H26N4O4. The van der Waals surface area contributed by atoms with Gasteiger partial charge in [-0.1, -0.05) is 19.1 Å². The molecule has 1 saturated heterocycles. The highest BCUT2D eigenvalue weighted by Crippen LogP contribution is 2.29. The minimum absolute atomic E-state index is 0.142. The third-order valence-corrected chi connectivity index (χ3v) is 6.10. The molecule has 0 saturated carbocycles. The Bertz CT molecular complexity index is 1250. The molecule has 8 heteroatoms. The van der Waals surface area contributed by atoms with Crippen molar-refractivity contribution in [1.29, 1.82) is 0 Å². The maximum atomic E-state index is 12.4. The van der Waals surface area contributed by atoms with E-state index >= 15 is 0 Å². The Morgan fingerprint density at radius 1 is 1.15 bits per heavy atom. The van der Waals surface area contributed by atoms with Gasteiger partial charge in [0, 0.05) is 42.2 Å². The zero-order valence-electron chi connectivity index (χ0n) is 18.6. The normalized spacial score (nSPS) is 17.3. The number of carbonyl (C=O) groups is 4. The van der Waals surface area contributed by atoms with E-state index in [2.05, 4.69) is 28.6 Å². The number of anilines is 1. The van der Waals surface area contributed by atoms with E-state index in [1.807, 2.05) is 37.4 Å². The van der Waals surface area contributed by atoms with Gasteiger partial charge in [-0.25, -0.2) is 0 Å². The second-order valence-electron chi connectivity index (χ2n) is 8.10. The highest BCUT2D eigenvalue weighted by atomic mass is 16.2. The molecule has 2 aliphatic rings. The minimum atomic E-state index is -0.550. The van der Waals surface area contributed by atoms with Crippen molar-refractivity contribution in [3.8, 4) is 0 Å². The van der Waals surface area contributed by atoms with E-state index in [0.717, 1.165) is 34.9 Å². The largest absolute Gasteiger partial charge is 0.388 e. The van der Waals surface area contributed by atoms with Gasteiger partial charge in [0.25, 0.3) is 5.91 Å². The molecule has 1 fully saturated rings. The molecule has 0 radical (unpaired) electrons. The predicted molar refractivity (Wildman–Crippen MR) is 125 cm³/mol. The fourth-order valence-corrected chi connectivity index (χ4v) is 4.34. The summed E-state index contributed by atoms with van der Waals surface area (Å²) in [5.41, 5.74) is 5.45. The van der Waals surface area contributed by atoms with Gasteiger partial charge in [-0.15, -0.1) is 0 Å². The zero-order valence-corrected chi connectivity index (χ0v) is 18.6. The van der Waals surface area contributed by atoms with Gasteiger partial charge in [-0.3, -0.25) is 24.5 Å². The summed E-state index contributed by atoms with van der Waals surface area (Å²) in [6.45, 7) is 2.53. The van der Waals surface area contributed by atoms with Crippen LogP contribution in [0, 0.1) is 0 Å². The van der Waals surface area contributed by atoms with Crippen molar-refractivity contribution in [2.24, 2.45) is 0 Å². The van der Waals surface area contributed by atoms with Crippen molar-refractivity contribution in [2.45, 2.75) is 38.8 Å². The molecule has 0 bridgehead atoms. The van der Waals surface area contributed by atoms with Crippen molar-refractivity contribution in [1.82, 2.24) is 15.2 Å². The third-order valence-electron chi connectivity index (χ3n) is 6.10. The van der Waals surface area contributed by atoms with Crippen LogP contribution < -0.4 is 10.6 Å². The Labute approximate surface area is 191 Å². The fourth-order valence-electron chi connectivity index (χ4n) is 4.34. The van der Waals surface area contributed by atoms with Crippen LogP contribution in [0.3, 0.4) is 0 Å². The molecule has 170 valence electrons. The number of piperidine rings is 1. The number of benzene rings is 2. The van der Waals surface area contributed by atoms with Gasteiger partial charge >= 0.3 is 0 Å². The van der Waals surface area contributed by atoms with Gasteiger partial charge in [0.15, 0.2) is 6.29 Å². The molecule has 1 unspecified atom stereocenters. The first-order valence-corrected chi connectivity index (χ1v) is 11.0. The highest BCUT2D eigenvalue weighted by molar-refractivity contribution is 6.05. The summed E-state index contributed by atoms with van der Waals surface area (Å²) in [6.07, 6.45) is 2.51. The number of hydrogen-bond acceptors (Lipinski definition) is 5. The molecule has 0 aliphatic carbocycles. The van der Waals surface area contributed by atoms with Gasteiger partial charge < -0.3 is 15.2 Å². The average molecular weight is 447 g/mol. The Balaban J connectivity index is 0.000000172. The van der Waals surface area contributed by atoms with Gasteiger partial charge in [0.2, 0.25) is 11.8 Å². The fraction of sp³-hybridized carbons (Fsp3) is 0.280.